The van der Waals surface area contributed by atoms with Crippen LogP contribution < -0.4 is 5.32 Å². The van der Waals surface area contributed by atoms with Gasteiger partial charge in [-0.1, -0.05) is 35.9 Å². The van der Waals surface area contributed by atoms with E-state index < -0.39 is 23.1 Å². The number of nitrogens with zero attached hydrogens (tertiary/aromatic N) is 1. The molecule has 0 aliphatic carbocycles. The minimum Gasteiger partial charge on any atom is -0.356 e. The highest BCUT2D eigenvalue weighted by Crippen LogP contribution is 2.50. The van der Waals surface area contributed by atoms with Gasteiger partial charge < -0.3 is 15.0 Å². The highest BCUT2D eigenvalue weighted by molar-refractivity contribution is 5.88. The van der Waals surface area contributed by atoms with Crippen molar-refractivity contribution in [3.63, 3.8) is 0 Å². The van der Waals surface area contributed by atoms with E-state index in [1.807, 2.05) is 0 Å². The Morgan fingerprint density at radius 3 is 2.28 bits per heavy atom. The Labute approximate surface area is 207 Å². The van der Waals surface area contributed by atoms with Crippen molar-refractivity contribution in [2.75, 3.05) is 26.7 Å². The number of carbonyl (C=O) groups is 2. The molecule has 5 nitrogen and oxygen atoms in total. The maximum absolute atomic E-state index is 14.6. The average Bonchev–Trinajstić information content (AvgIpc) is 2.81. The molecule has 0 bridgehead atoms. The molecule has 2 fully saturated rings. The molecule has 1 N–H and O–H groups in total. The van der Waals surface area contributed by atoms with Crippen molar-refractivity contribution in [2.45, 2.75) is 50.8 Å². The van der Waals surface area contributed by atoms with Gasteiger partial charge >= 0.3 is 6.18 Å². The van der Waals surface area contributed by atoms with Gasteiger partial charge in [0.15, 0.2) is 0 Å². The number of halogens is 4. The third-order valence-corrected chi connectivity index (χ3v) is 7.84. The fourth-order valence-corrected chi connectivity index (χ4v) is 5.92. The number of amides is 2. The number of alkyl halides is 3. The molecule has 2 heterocycles. The summed E-state index contributed by atoms with van der Waals surface area (Å²) in [7, 11) is 0.909. The van der Waals surface area contributed by atoms with Crippen molar-refractivity contribution in [1.29, 1.82) is 0 Å². The average molecular weight is 507 g/mol. The molecular formula is C27H30F4N2O3. The zero-order valence-electron chi connectivity index (χ0n) is 20.5. The Kier molecular flexibility index (Phi) is 6.90. The summed E-state index contributed by atoms with van der Waals surface area (Å²) in [5.74, 6) is -1.80. The summed E-state index contributed by atoms with van der Waals surface area (Å²) in [6.07, 6.45) is -4.10. The van der Waals surface area contributed by atoms with E-state index in [0.29, 0.717) is 24.9 Å². The molecule has 36 heavy (non-hydrogen) atoms. The lowest BCUT2D eigenvalue weighted by atomic mass is 9.62. The highest BCUT2D eigenvalue weighted by Gasteiger charge is 2.64. The second kappa shape index (κ2) is 9.50. The normalized spacial score (nSPS) is 21.7. The van der Waals surface area contributed by atoms with Gasteiger partial charge in [0.1, 0.15) is 5.82 Å². The van der Waals surface area contributed by atoms with Crippen LogP contribution in [-0.2, 0) is 19.9 Å². The molecule has 2 saturated heterocycles. The number of methoxy groups -OCH3 is 1. The van der Waals surface area contributed by atoms with E-state index in [4.69, 9.17) is 4.74 Å². The van der Waals surface area contributed by atoms with Crippen LogP contribution in [0, 0.1) is 25.1 Å². The molecular weight excluding hydrogens is 476 g/mol. The smallest absolute Gasteiger partial charge is 0.356 e. The number of nitrogens with one attached hydrogen (secondary N) is 1. The minimum atomic E-state index is -4.99. The maximum atomic E-state index is 14.6. The van der Waals surface area contributed by atoms with Crippen LogP contribution in [0.15, 0.2) is 42.5 Å². The standard InChI is InChI=1S/C27H30F4N2O3/c1-17-4-9-21(18(2)14-17)26(36-3,27(29,30)31)24(35)33-12-10-25(11-13-33)15-23(34)32-16-22(25)19-5-7-20(28)8-6-19/h4-9,14,22H,10-13,15-16H2,1-3H3,(H,32,34). The summed E-state index contributed by atoms with van der Waals surface area (Å²) in [6.45, 7) is 3.76. The summed E-state index contributed by atoms with van der Waals surface area (Å²) < 4.78 is 62.4. The maximum Gasteiger partial charge on any atom is 0.430 e. The van der Waals surface area contributed by atoms with E-state index in [9.17, 15) is 27.2 Å². The van der Waals surface area contributed by atoms with Crippen LogP contribution in [-0.4, -0.2) is 49.6 Å². The van der Waals surface area contributed by atoms with Crippen LogP contribution in [0.4, 0.5) is 17.6 Å². The number of aryl methyl sites for hydroxylation is 2. The molecule has 0 radical (unpaired) electrons. The zero-order valence-corrected chi connectivity index (χ0v) is 20.5. The number of benzene rings is 2. The Morgan fingerprint density at radius 2 is 1.72 bits per heavy atom. The Bertz CT molecular complexity index is 1140. The van der Waals surface area contributed by atoms with Crippen molar-refractivity contribution in [3.8, 4) is 0 Å². The van der Waals surface area contributed by atoms with Gasteiger partial charge in [-0.05, 0) is 55.4 Å². The number of carbonyl (C=O) groups excluding carboxylic acids is 2. The van der Waals surface area contributed by atoms with Gasteiger partial charge in [-0.25, -0.2) is 4.39 Å². The predicted molar refractivity (Wildman–Crippen MR) is 126 cm³/mol. The lowest BCUT2D eigenvalue weighted by Crippen LogP contribution is -2.60. The van der Waals surface area contributed by atoms with Crippen LogP contribution in [0.25, 0.3) is 0 Å². The quantitative estimate of drug-likeness (QED) is 0.609. The summed E-state index contributed by atoms with van der Waals surface area (Å²) in [6, 6.07) is 10.5. The van der Waals surface area contributed by atoms with Gasteiger partial charge in [-0.2, -0.15) is 13.2 Å². The van der Waals surface area contributed by atoms with Crippen molar-refractivity contribution in [3.05, 3.63) is 70.5 Å². The highest BCUT2D eigenvalue weighted by atomic mass is 19.4. The number of hydrogen-bond donors (Lipinski definition) is 1. The van der Waals surface area contributed by atoms with E-state index in [1.54, 1.807) is 25.1 Å². The van der Waals surface area contributed by atoms with Crippen molar-refractivity contribution in [2.24, 2.45) is 5.41 Å². The molecule has 2 aliphatic rings. The van der Waals surface area contributed by atoms with Crippen LogP contribution >= 0.6 is 0 Å². The van der Waals surface area contributed by atoms with Crippen LogP contribution in [0.1, 0.15) is 47.4 Å². The van der Waals surface area contributed by atoms with E-state index >= 15 is 0 Å². The summed E-state index contributed by atoms with van der Waals surface area (Å²) in [5, 5.41) is 2.85. The molecule has 2 amide bonds. The first kappa shape index (κ1) is 26.1. The monoisotopic (exact) mass is 506 g/mol. The largest absolute Gasteiger partial charge is 0.430 e. The van der Waals surface area contributed by atoms with Gasteiger partial charge in [0.25, 0.3) is 11.5 Å². The summed E-state index contributed by atoms with van der Waals surface area (Å²) >= 11 is 0. The third-order valence-electron chi connectivity index (χ3n) is 7.84. The Morgan fingerprint density at radius 1 is 1.08 bits per heavy atom. The number of likely N-dealkylation sites (tertiary alicyclic amines) is 1. The fraction of sp³-hybridized carbons (Fsp3) is 0.481. The molecule has 194 valence electrons. The van der Waals surface area contributed by atoms with E-state index in [-0.39, 0.29) is 42.7 Å². The summed E-state index contributed by atoms with van der Waals surface area (Å²) in [4.78, 5) is 27.2. The van der Waals surface area contributed by atoms with E-state index in [1.165, 1.54) is 36.1 Å². The van der Waals surface area contributed by atoms with Gasteiger partial charge in [-0.3, -0.25) is 9.59 Å². The lowest BCUT2D eigenvalue weighted by Gasteiger charge is -2.50. The second-order valence-corrected chi connectivity index (χ2v) is 9.94. The molecule has 2 unspecified atom stereocenters. The number of ether oxygens (including phenoxy) is 1. The lowest BCUT2D eigenvalue weighted by molar-refractivity contribution is -0.271. The topological polar surface area (TPSA) is 58.6 Å². The zero-order chi connectivity index (χ0) is 26.3. The SMILES string of the molecule is COC(C(=O)N1CCC2(CC1)CC(=O)NCC2c1ccc(F)cc1)(c1ccc(C)cc1C)C(F)(F)F. The molecule has 2 atom stereocenters. The molecule has 0 saturated carbocycles. The van der Waals surface area contributed by atoms with Crippen molar-refractivity contribution < 1.29 is 31.9 Å². The molecule has 2 aliphatic heterocycles. The first-order chi connectivity index (χ1) is 16.9. The molecule has 4 rings (SSSR count). The molecule has 9 heteroatoms. The fourth-order valence-electron chi connectivity index (χ4n) is 5.92. The first-order valence-electron chi connectivity index (χ1n) is 11.9. The molecule has 1 spiro atoms. The van der Waals surface area contributed by atoms with Gasteiger partial charge in [0, 0.05) is 44.6 Å². The van der Waals surface area contributed by atoms with Gasteiger partial charge in [0.05, 0.1) is 0 Å². The number of piperidine rings is 2. The van der Waals surface area contributed by atoms with Crippen molar-refractivity contribution in [1.82, 2.24) is 10.2 Å². The van der Waals surface area contributed by atoms with Crippen LogP contribution in [0.2, 0.25) is 0 Å². The summed E-state index contributed by atoms with van der Waals surface area (Å²) in [5.41, 5.74) is -1.95. The molecule has 0 aromatic heterocycles. The number of rotatable bonds is 4. The Balaban J connectivity index is 1.65. The van der Waals surface area contributed by atoms with Gasteiger partial charge in [0.2, 0.25) is 5.91 Å². The van der Waals surface area contributed by atoms with E-state index in [2.05, 4.69) is 5.32 Å². The Hall–Kier alpha value is -2.94. The van der Waals surface area contributed by atoms with Crippen LogP contribution in [0.5, 0.6) is 0 Å². The predicted octanol–water partition coefficient (Wildman–Crippen LogP) is 4.76. The van der Waals surface area contributed by atoms with Gasteiger partial charge in [-0.15, -0.1) is 0 Å². The van der Waals surface area contributed by atoms with E-state index in [0.717, 1.165) is 18.2 Å². The molecule has 2 aromatic carbocycles. The van der Waals surface area contributed by atoms with Crippen molar-refractivity contribution >= 4 is 11.8 Å². The number of hydrogen-bond acceptors (Lipinski definition) is 3. The van der Waals surface area contributed by atoms with Crippen LogP contribution in [0.3, 0.4) is 0 Å². The first-order valence-corrected chi connectivity index (χ1v) is 11.9. The third kappa shape index (κ3) is 4.38. The second-order valence-electron chi connectivity index (χ2n) is 9.94. The molecule has 2 aromatic rings. The minimum absolute atomic E-state index is 0.0515.